The highest BCUT2D eigenvalue weighted by Gasteiger charge is 2.27. The van der Waals surface area contributed by atoms with Gasteiger partial charge in [0.05, 0.1) is 10.0 Å². The monoisotopic (exact) mass is 390 g/mol. The lowest BCUT2D eigenvalue weighted by Crippen LogP contribution is -2.52. The topological polar surface area (TPSA) is 116 Å². The lowest BCUT2D eigenvalue weighted by atomic mass is 10.0. The van der Waals surface area contributed by atoms with E-state index in [1.54, 1.807) is 0 Å². The molecule has 9 heteroatoms. The Hall–Kier alpha value is -1.83. The molecule has 0 fully saturated rings. The van der Waals surface area contributed by atoms with Crippen molar-refractivity contribution in [2.24, 2.45) is 5.92 Å². The Bertz CT molecular complexity index is 651. The second-order valence-corrected chi connectivity index (χ2v) is 6.73. The molecule has 1 unspecified atom stereocenters. The van der Waals surface area contributed by atoms with Gasteiger partial charge in [0.1, 0.15) is 12.1 Å². The molecule has 0 radical (unpaired) electrons. The van der Waals surface area contributed by atoms with E-state index in [1.165, 1.54) is 18.2 Å². The van der Waals surface area contributed by atoms with Crippen LogP contribution in [0, 0.1) is 5.92 Å². The normalized spacial score (nSPS) is 13.3. The minimum Gasteiger partial charge on any atom is -0.480 e. The van der Waals surface area contributed by atoms with Crippen molar-refractivity contribution in [1.29, 1.82) is 0 Å². The Kier molecular flexibility index (Phi) is 8.15. The first-order valence-corrected chi connectivity index (χ1v) is 8.32. The Morgan fingerprint density at radius 2 is 1.64 bits per heavy atom. The number of carboxylic acids is 2. The summed E-state index contributed by atoms with van der Waals surface area (Å²) in [6, 6.07) is 2.00. The van der Waals surface area contributed by atoms with E-state index in [0.29, 0.717) is 5.02 Å². The molecule has 4 N–H and O–H groups in total. The Balaban J connectivity index is 2.74. The Labute approximate surface area is 155 Å². The van der Waals surface area contributed by atoms with Crippen LogP contribution in [0.25, 0.3) is 0 Å². The summed E-state index contributed by atoms with van der Waals surface area (Å²) in [6.07, 6.45) is 0.264. The smallest absolute Gasteiger partial charge is 0.322 e. The van der Waals surface area contributed by atoms with Gasteiger partial charge in [0.2, 0.25) is 0 Å². The van der Waals surface area contributed by atoms with Crippen molar-refractivity contribution in [2.45, 2.75) is 32.4 Å². The molecule has 0 spiro atoms. The first-order valence-electron chi connectivity index (χ1n) is 7.56. The van der Waals surface area contributed by atoms with Crippen molar-refractivity contribution in [3.8, 4) is 0 Å². The molecule has 0 saturated heterocycles. The second kappa shape index (κ2) is 9.60. The van der Waals surface area contributed by atoms with Gasteiger partial charge in [0.15, 0.2) is 0 Å². The third kappa shape index (κ3) is 6.89. The number of amides is 1. The van der Waals surface area contributed by atoms with E-state index in [-0.39, 0.29) is 29.5 Å². The number of hydrogen-bond acceptors (Lipinski definition) is 4. The average molecular weight is 391 g/mol. The van der Waals surface area contributed by atoms with Crippen LogP contribution in [-0.4, -0.2) is 46.7 Å². The summed E-state index contributed by atoms with van der Waals surface area (Å²) in [5, 5.41) is 23.9. The molecule has 0 heterocycles. The van der Waals surface area contributed by atoms with Crippen LogP contribution in [0.1, 0.15) is 30.6 Å². The summed E-state index contributed by atoms with van der Waals surface area (Å²) >= 11 is 11.6. The number of hydrogen-bond donors (Lipinski definition) is 4. The summed E-state index contributed by atoms with van der Waals surface area (Å²) in [5.41, 5.74) is 0.218. The van der Waals surface area contributed by atoms with Crippen LogP contribution in [-0.2, 0) is 9.59 Å². The molecular formula is C16H20Cl2N2O5. The van der Waals surface area contributed by atoms with Gasteiger partial charge in [-0.3, -0.25) is 19.7 Å². The molecule has 1 aromatic rings. The lowest BCUT2D eigenvalue weighted by Gasteiger charge is -2.22. The van der Waals surface area contributed by atoms with E-state index in [0.717, 1.165) is 0 Å². The lowest BCUT2D eigenvalue weighted by molar-refractivity contribution is -0.142. The van der Waals surface area contributed by atoms with Gasteiger partial charge in [0.25, 0.3) is 5.91 Å². The zero-order chi connectivity index (χ0) is 19.1. The quantitative estimate of drug-likeness (QED) is 0.513. The predicted molar refractivity (Wildman–Crippen MR) is 94.2 cm³/mol. The molecule has 138 valence electrons. The largest absolute Gasteiger partial charge is 0.480 e. The van der Waals surface area contributed by atoms with Gasteiger partial charge < -0.3 is 15.5 Å². The van der Waals surface area contributed by atoms with Crippen molar-refractivity contribution in [3.05, 3.63) is 33.8 Å². The first-order chi connectivity index (χ1) is 11.6. The highest BCUT2D eigenvalue weighted by molar-refractivity contribution is 6.42. The number of carboxylic acid groups (broad SMARTS) is 2. The zero-order valence-corrected chi connectivity index (χ0v) is 15.3. The predicted octanol–water partition coefficient (Wildman–Crippen LogP) is 2.27. The number of nitrogens with one attached hydrogen (secondary N) is 2. The van der Waals surface area contributed by atoms with Crippen molar-refractivity contribution in [2.75, 3.05) is 6.54 Å². The number of halogens is 2. The number of aliphatic carboxylic acids is 2. The van der Waals surface area contributed by atoms with Crippen LogP contribution in [0.4, 0.5) is 0 Å². The fraction of sp³-hybridized carbons (Fsp3) is 0.438. The van der Waals surface area contributed by atoms with Crippen LogP contribution in [0.3, 0.4) is 0 Å². The van der Waals surface area contributed by atoms with Crippen LogP contribution in [0.2, 0.25) is 10.0 Å². The molecule has 0 aliphatic rings. The average Bonchev–Trinajstić information content (AvgIpc) is 2.51. The summed E-state index contributed by atoms with van der Waals surface area (Å²) in [4.78, 5) is 34.7. The van der Waals surface area contributed by atoms with E-state index in [1.807, 2.05) is 13.8 Å². The van der Waals surface area contributed by atoms with Gasteiger partial charge in [-0.05, 0) is 30.5 Å². The first kappa shape index (κ1) is 21.2. The van der Waals surface area contributed by atoms with Gasteiger partial charge in [-0.25, -0.2) is 0 Å². The van der Waals surface area contributed by atoms with Crippen LogP contribution >= 0.6 is 23.2 Å². The van der Waals surface area contributed by atoms with Gasteiger partial charge >= 0.3 is 11.9 Å². The fourth-order valence-electron chi connectivity index (χ4n) is 2.11. The standard InChI is InChI=1S/C16H20Cl2N2O5/c1-8(2)5-12(15(22)23)20-13(16(24)25)7-19-14(21)9-3-4-10(17)11(18)6-9/h3-4,6,8,12-13,20H,5,7H2,1-2H3,(H,19,21)(H,22,23)(H,24,25)/t12-,13?/m0/s1. The maximum atomic E-state index is 12.1. The summed E-state index contributed by atoms with van der Waals surface area (Å²) in [5.74, 6) is -2.88. The Morgan fingerprint density at radius 3 is 2.12 bits per heavy atom. The van der Waals surface area contributed by atoms with E-state index in [9.17, 15) is 24.6 Å². The summed E-state index contributed by atoms with van der Waals surface area (Å²) < 4.78 is 0. The van der Waals surface area contributed by atoms with E-state index < -0.39 is 29.9 Å². The van der Waals surface area contributed by atoms with Crippen LogP contribution < -0.4 is 10.6 Å². The maximum Gasteiger partial charge on any atom is 0.322 e. The van der Waals surface area contributed by atoms with E-state index >= 15 is 0 Å². The minimum absolute atomic E-state index is 0.0637. The molecule has 0 aliphatic heterocycles. The molecule has 7 nitrogen and oxygen atoms in total. The number of carbonyl (C=O) groups excluding carboxylic acids is 1. The second-order valence-electron chi connectivity index (χ2n) is 5.92. The molecule has 1 aromatic carbocycles. The molecule has 1 amide bonds. The minimum atomic E-state index is -1.26. The van der Waals surface area contributed by atoms with Gasteiger partial charge in [0, 0.05) is 12.1 Å². The third-order valence-electron chi connectivity index (χ3n) is 3.35. The van der Waals surface area contributed by atoms with E-state index in [2.05, 4.69) is 10.6 Å². The van der Waals surface area contributed by atoms with Crippen LogP contribution in [0.5, 0.6) is 0 Å². The highest BCUT2D eigenvalue weighted by Crippen LogP contribution is 2.22. The highest BCUT2D eigenvalue weighted by atomic mass is 35.5. The maximum absolute atomic E-state index is 12.1. The molecule has 0 saturated carbocycles. The van der Waals surface area contributed by atoms with Crippen molar-refractivity contribution < 1.29 is 24.6 Å². The molecule has 0 aromatic heterocycles. The molecule has 0 bridgehead atoms. The van der Waals surface area contributed by atoms with Gasteiger partial charge in [-0.15, -0.1) is 0 Å². The molecule has 2 atom stereocenters. The molecular weight excluding hydrogens is 371 g/mol. The number of rotatable bonds is 9. The van der Waals surface area contributed by atoms with Gasteiger partial charge in [-0.1, -0.05) is 37.0 Å². The molecule has 25 heavy (non-hydrogen) atoms. The number of carbonyl (C=O) groups is 3. The zero-order valence-electron chi connectivity index (χ0n) is 13.8. The Morgan fingerprint density at radius 1 is 1.04 bits per heavy atom. The SMILES string of the molecule is CC(C)C[C@H](NC(CNC(=O)c1ccc(Cl)c(Cl)c1)C(=O)O)C(=O)O. The van der Waals surface area contributed by atoms with Crippen molar-refractivity contribution >= 4 is 41.0 Å². The van der Waals surface area contributed by atoms with E-state index in [4.69, 9.17) is 23.2 Å². The van der Waals surface area contributed by atoms with Crippen LogP contribution in [0.15, 0.2) is 18.2 Å². The number of benzene rings is 1. The third-order valence-corrected chi connectivity index (χ3v) is 4.09. The summed E-state index contributed by atoms with van der Waals surface area (Å²) in [6.45, 7) is 3.38. The molecule has 1 rings (SSSR count). The summed E-state index contributed by atoms with van der Waals surface area (Å²) in [7, 11) is 0. The van der Waals surface area contributed by atoms with Crippen molar-refractivity contribution in [1.82, 2.24) is 10.6 Å². The molecule has 0 aliphatic carbocycles. The fourth-order valence-corrected chi connectivity index (χ4v) is 2.40. The van der Waals surface area contributed by atoms with Crippen molar-refractivity contribution in [3.63, 3.8) is 0 Å². The van der Waals surface area contributed by atoms with Gasteiger partial charge in [-0.2, -0.15) is 0 Å².